The van der Waals surface area contributed by atoms with Crippen LogP contribution >= 0.6 is 12.6 Å². The van der Waals surface area contributed by atoms with E-state index in [4.69, 9.17) is 5.26 Å². The van der Waals surface area contributed by atoms with Crippen LogP contribution in [-0.4, -0.2) is 6.29 Å². The van der Waals surface area contributed by atoms with Crippen molar-refractivity contribution in [2.75, 3.05) is 0 Å². The summed E-state index contributed by atoms with van der Waals surface area (Å²) in [4.78, 5) is 11.1. The van der Waals surface area contributed by atoms with Gasteiger partial charge >= 0.3 is 0 Å². The minimum Gasteiger partial charge on any atom is -0.303 e. The van der Waals surface area contributed by atoms with Crippen LogP contribution in [0.3, 0.4) is 0 Å². The van der Waals surface area contributed by atoms with Gasteiger partial charge in [-0.15, -0.1) is 12.6 Å². The number of carbonyl (C=O) groups is 1. The molecule has 0 aliphatic carbocycles. The number of aldehydes is 1. The third kappa shape index (κ3) is 2.10. The van der Waals surface area contributed by atoms with E-state index in [0.717, 1.165) is 11.8 Å². The molecule has 2 nitrogen and oxygen atoms in total. The predicted molar refractivity (Wildman–Crippen MR) is 52.9 cm³/mol. The van der Waals surface area contributed by atoms with E-state index in [2.05, 4.69) is 12.6 Å². The quantitative estimate of drug-likeness (QED) is 0.574. The Morgan fingerprint density at radius 3 is 2.77 bits per heavy atom. The maximum atomic E-state index is 10.5. The molecule has 0 fully saturated rings. The highest BCUT2D eigenvalue weighted by molar-refractivity contribution is 7.80. The molecular formula is C10H9NOS. The second kappa shape index (κ2) is 4.11. The first-order chi connectivity index (χ1) is 6.19. The number of nitrogens with zero attached hydrogens (tertiary/aromatic N) is 1. The van der Waals surface area contributed by atoms with Crippen LogP contribution < -0.4 is 0 Å². The van der Waals surface area contributed by atoms with Gasteiger partial charge < -0.3 is 4.79 Å². The molecule has 1 aromatic carbocycles. The molecule has 0 saturated heterocycles. The van der Waals surface area contributed by atoms with Gasteiger partial charge in [0.05, 0.1) is 5.56 Å². The van der Waals surface area contributed by atoms with Gasteiger partial charge in [0.2, 0.25) is 0 Å². The molecule has 0 bridgehead atoms. The first-order valence-corrected chi connectivity index (χ1v) is 4.32. The Kier molecular flexibility index (Phi) is 3.10. The Hall–Kier alpha value is -1.27. The summed E-state index contributed by atoms with van der Waals surface area (Å²) >= 11 is 4.14. The molecule has 1 rings (SSSR count). The van der Waals surface area contributed by atoms with Crippen LogP contribution in [0.25, 0.3) is 0 Å². The molecule has 0 aliphatic rings. The lowest BCUT2D eigenvalue weighted by Gasteiger charge is -2.04. The summed E-state index contributed by atoms with van der Waals surface area (Å²) in [6.45, 7) is 1.81. The van der Waals surface area contributed by atoms with Crippen molar-refractivity contribution in [2.24, 2.45) is 0 Å². The maximum absolute atomic E-state index is 10.5. The second-order valence-electron chi connectivity index (χ2n) is 2.81. The molecule has 0 saturated carbocycles. The van der Waals surface area contributed by atoms with Gasteiger partial charge in [0.25, 0.3) is 0 Å². The highest BCUT2D eigenvalue weighted by atomic mass is 32.1. The molecule has 1 aromatic rings. The van der Waals surface area contributed by atoms with Crippen LogP contribution in [-0.2, 0) is 4.79 Å². The molecule has 0 aliphatic heterocycles. The van der Waals surface area contributed by atoms with Gasteiger partial charge in [-0.05, 0) is 17.7 Å². The summed E-state index contributed by atoms with van der Waals surface area (Å²) in [7, 11) is 0. The Morgan fingerprint density at radius 2 is 2.31 bits per heavy atom. The minimum atomic E-state index is -0.140. The topological polar surface area (TPSA) is 40.9 Å². The van der Waals surface area contributed by atoms with Crippen LogP contribution in [0, 0.1) is 11.3 Å². The molecule has 0 spiro atoms. The van der Waals surface area contributed by atoms with E-state index in [1.165, 1.54) is 0 Å². The van der Waals surface area contributed by atoms with Crippen molar-refractivity contribution in [3.8, 4) is 6.07 Å². The molecule has 66 valence electrons. The number of rotatable bonds is 2. The standard InChI is InChI=1S/C10H9NOS/c1-7(6-12)8-2-3-9(5-11)10(13)4-8/h2-4,6-7,13H,1H3. The lowest BCUT2D eigenvalue weighted by molar-refractivity contribution is -0.108. The number of benzene rings is 1. The molecule has 0 N–H and O–H groups in total. The lowest BCUT2D eigenvalue weighted by atomic mass is 10.0. The summed E-state index contributed by atoms with van der Waals surface area (Å²) in [5.74, 6) is -0.140. The Morgan fingerprint density at radius 1 is 1.62 bits per heavy atom. The van der Waals surface area contributed by atoms with Crippen molar-refractivity contribution in [3.05, 3.63) is 29.3 Å². The predicted octanol–water partition coefficient (Wildman–Crippen LogP) is 2.15. The van der Waals surface area contributed by atoms with Gasteiger partial charge in [0, 0.05) is 10.8 Å². The van der Waals surface area contributed by atoms with Crippen LogP contribution in [0.15, 0.2) is 23.1 Å². The van der Waals surface area contributed by atoms with E-state index in [0.29, 0.717) is 10.5 Å². The zero-order valence-electron chi connectivity index (χ0n) is 7.19. The van der Waals surface area contributed by atoms with Gasteiger partial charge in [-0.25, -0.2) is 0 Å². The highest BCUT2D eigenvalue weighted by Gasteiger charge is 2.05. The molecule has 0 radical (unpaired) electrons. The highest BCUT2D eigenvalue weighted by Crippen LogP contribution is 2.19. The molecular weight excluding hydrogens is 182 g/mol. The molecule has 13 heavy (non-hydrogen) atoms. The average Bonchev–Trinajstić information content (AvgIpc) is 2.16. The first-order valence-electron chi connectivity index (χ1n) is 3.87. The van der Waals surface area contributed by atoms with E-state index in [-0.39, 0.29) is 5.92 Å². The Bertz CT molecular complexity index is 368. The summed E-state index contributed by atoms with van der Waals surface area (Å²) < 4.78 is 0. The molecule has 1 atom stereocenters. The van der Waals surface area contributed by atoms with Crippen molar-refractivity contribution < 1.29 is 4.79 Å². The molecule has 0 aromatic heterocycles. The maximum Gasteiger partial charge on any atom is 0.127 e. The Balaban J connectivity index is 3.11. The minimum absolute atomic E-state index is 0.140. The first kappa shape index (κ1) is 9.82. The number of hydrogen-bond acceptors (Lipinski definition) is 3. The average molecular weight is 191 g/mol. The van der Waals surface area contributed by atoms with Crippen LogP contribution in [0.1, 0.15) is 24.0 Å². The lowest BCUT2D eigenvalue weighted by Crippen LogP contribution is -1.94. The third-order valence-corrected chi connectivity index (χ3v) is 2.24. The summed E-state index contributed by atoms with van der Waals surface area (Å²) in [6.07, 6.45) is 0.870. The number of thiol groups is 1. The summed E-state index contributed by atoms with van der Waals surface area (Å²) in [5, 5.41) is 8.64. The van der Waals surface area contributed by atoms with E-state index in [9.17, 15) is 4.79 Å². The van der Waals surface area contributed by atoms with Crippen molar-refractivity contribution in [2.45, 2.75) is 17.7 Å². The fraction of sp³-hybridized carbons (Fsp3) is 0.200. The van der Waals surface area contributed by atoms with Gasteiger partial charge in [0.1, 0.15) is 12.4 Å². The van der Waals surface area contributed by atoms with E-state index in [1.807, 2.05) is 13.0 Å². The van der Waals surface area contributed by atoms with Crippen molar-refractivity contribution in [1.82, 2.24) is 0 Å². The van der Waals surface area contributed by atoms with E-state index in [1.54, 1.807) is 18.2 Å². The number of hydrogen-bond donors (Lipinski definition) is 1. The fourth-order valence-electron chi connectivity index (χ4n) is 1.01. The third-order valence-electron chi connectivity index (χ3n) is 1.87. The summed E-state index contributed by atoms with van der Waals surface area (Å²) in [5.41, 5.74) is 1.42. The molecule has 1 unspecified atom stereocenters. The Labute approximate surface area is 82.6 Å². The smallest absolute Gasteiger partial charge is 0.127 e. The van der Waals surface area contributed by atoms with Gasteiger partial charge in [-0.1, -0.05) is 13.0 Å². The van der Waals surface area contributed by atoms with Crippen molar-refractivity contribution in [1.29, 1.82) is 5.26 Å². The van der Waals surface area contributed by atoms with Gasteiger partial charge in [-0.2, -0.15) is 5.26 Å². The molecule has 3 heteroatoms. The zero-order valence-corrected chi connectivity index (χ0v) is 8.08. The fourth-order valence-corrected chi connectivity index (χ4v) is 1.28. The van der Waals surface area contributed by atoms with Gasteiger partial charge in [0.15, 0.2) is 0 Å². The molecule has 0 amide bonds. The van der Waals surface area contributed by atoms with E-state index >= 15 is 0 Å². The van der Waals surface area contributed by atoms with Crippen molar-refractivity contribution in [3.63, 3.8) is 0 Å². The van der Waals surface area contributed by atoms with Crippen LogP contribution in [0.5, 0.6) is 0 Å². The number of nitriles is 1. The zero-order chi connectivity index (χ0) is 9.84. The van der Waals surface area contributed by atoms with Crippen LogP contribution in [0.4, 0.5) is 0 Å². The molecule has 0 heterocycles. The normalized spacial score (nSPS) is 11.8. The largest absolute Gasteiger partial charge is 0.303 e. The monoisotopic (exact) mass is 191 g/mol. The SMILES string of the molecule is CC(C=O)c1ccc(C#N)c(S)c1. The van der Waals surface area contributed by atoms with E-state index < -0.39 is 0 Å². The van der Waals surface area contributed by atoms with Crippen molar-refractivity contribution >= 4 is 18.9 Å². The van der Waals surface area contributed by atoms with Crippen LogP contribution in [0.2, 0.25) is 0 Å². The van der Waals surface area contributed by atoms with Gasteiger partial charge in [-0.3, -0.25) is 0 Å². The number of carbonyl (C=O) groups excluding carboxylic acids is 1. The second-order valence-corrected chi connectivity index (χ2v) is 3.29. The summed E-state index contributed by atoms with van der Waals surface area (Å²) in [6, 6.07) is 7.22.